The molecular formula is C14H27ClN2O. The van der Waals surface area contributed by atoms with Crippen LogP contribution in [0.15, 0.2) is 0 Å². The van der Waals surface area contributed by atoms with Crippen LogP contribution in [-0.2, 0) is 0 Å². The van der Waals surface area contributed by atoms with Gasteiger partial charge in [0.05, 0.1) is 5.38 Å². The van der Waals surface area contributed by atoms with Gasteiger partial charge < -0.3 is 5.11 Å². The number of aliphatic hydroxyl groups excluding tert-OH is 1. The van der Waals surface area contributed by atoms with E-state index in [4.69, 9.17) is 11.6 Å². The van der Waals surface area contributed by atoms with Crippen molar-refractivity contribution >= 4 is 11.6 Å². The summed E-state index contributed by atoms with van der Waals surface area (Å²) < 4.78 is 0. The van der Waals surface area contributed by atoms with Gasteiger partial charge >= 0.3 is 0 Å². The first-order valence-corrected chi connectivity index (χ1v) is 7.94. The second-order valence-corrected chi connectivity index (χ2v) is 6.30. The minimum absolute atomic E-state index is 0.179. The maximum Gasteiger partial charge on any atom is 0.125 e. The summed E-state index contributed by atoms with van der Waals surface area (Å²) in [5.74, 6) is 0. The molecule has 18 heavy (non-hydrogen) atoms. The van der Waals surface area contributed by atoms with Crippen LogP contribution < -0.4 is 0 Å². The van der Waals surface area contributed by atoms with Crippen molar-refractivity contribution in [1.82, 2.24) is 9.80 Å². The molecule has 0 saturated carbocycles. The average Bonchev–Trinajstić information content (AvgIpc) is 2.47. The topological polar surface area (TPSA) is 26.7 Å². The first-order valence-electron chi connectivity index (χ1n) is 7.50. The maximum absolute atomic E-state index is 10.4. The third kappa shape index (κ3) is 3.60. The first kappa shape index (κ1) is 14.6. The zero-order valence-electron chi connectivity index (χ0n) is 11.5. The smallest absolute Gasteiger partial charge is 0.125 e. The zero-order chi connectivity index (χ0) is 13.0. The van der Waals surface area contributed by atoms with Gasteiger partial charge in [-0.15, -0.1) is 11.6 Å². The van der Waals surface area contributed by atoms with E-state index in [-0.39, 0.29) is 11.4 Å². The third-order valence-corrected chi connectivity index (χ3v) is 5.07. The predicted octanol–water partition coefficient (Wildman–Crippen LogP) is 2.27. The Kier molecular flexibility index (Phi) is 5.74. The molecule has 4 heteroatoms. The average molecular weight is 275 g/mol. The van der Waals surface area contributed by atoms with E-state index < -0.39 is 6.23 Å². The van der Waals surface area contributed by atoms with Gasteiger partial charge in [0, 0.05) is 19.1 Å². The number of alkyl halides is 1. The van der Waals surface area contributed by atoms with Crippen LogP contribution >= 0.6 is 11.6 Å². The fraction of sp³-hybridized carbons (Fsp3) is 1.00. The Morgan fingerprint density at radius 3 is 1.78 bits per heavy atom. The summed E-state index contributed by atoms with van der Waals surface area (Å²) in [6.45, 7) is 6.43. The molecule has 0 aromatic carbocycles. The molecule has 2 fully saturated rings. The highest BCUT2D eigenvalue weighted by Gasteiger charge is 2.32. The molecule has 2 rings (SSSR count). The summed E-state index contributed by atoms with van der Waals surface area (Å²) in [7, 11) is 0. The van der Waals surface area contributed by atoms with Crippen molar-refractivity contribution in [2.45, 2.75) is 63.1 Å². The Morgan fingerprint density at radius 2 is 1.28 bits per heavy atom. The van der Waals surface area contributed by atoms with Crippen molar-refractivity contribution in [1.29, 1.82) is 0 Å². The van der Waals surface area contributed by atoms with Crippen molar-refractivity contribution in [3.8, 4) is 0 Å². The summed E-state index contributed by atoms with van der Waals surface area (Å²) >= 11 is 6.52. The van der Waals surface area contributed by atoms with Crippen LogP contribution in [0.3, 0.4) is 0 Å². The lowest BCUT2D eigenvalue weighted by Crippen LogP contribution is -2.52. The number of piperidine rings is 2. The number of halogens is 1. The summed E-state index contributed by atoms with van der Waals surface area (Å²) in [6.07, 6.45) is 7.07. The lowest BCUT2D eigenvalue weighted by molar-refractivity contribution is -0.0271. The van der Waals surface area contributed by atoms with Gasteiger partial charge in [-0.3, -0.25) is 9.80 Å². The second-order valence-electron chi connectivity index (χ2n) is 5.79. The standard InChI is InChI=1S/C14H27ClN2O/c1-12(16-8-4-2-5-9-16)13(15)14(18)17-10-6-3-7-11-17/h12-14,18H,2-11H2,1H3. The number of nitrogens with zero attached hydrogens (tertiary/aromatic N) is 2. The fourth-order valence-electron chi connectivity index (χ4n) is 3.16. The van der Waals surface area contributed by atoms with Gasteiger partial charge in [0.2, 0.25) is 0 Å². The van der Waals surface area contributed by atoms with E-state index in [0.717, 1.165) is 26.2 Å². The summed E-state index contributed by atoms with van der Waals surface area (Å²) in [5, 5.41) is 10.2. The lowest BCUT2D eigenvalue weighted by Gasteiger charge is -2.40. The number of hydrogen-bond acceptors (Lipinski definition) is 3. The molecular weight excluding hydrogens is 248 g/mol. The normalized spacial score (nSPS) is 28.8. The van der Waals surface area contributed by atoms with E-state index in [1.165, 1.54) is 38.5 Å². The predicted molar refractivity (Wildman–Crippen MR) is 76.0 cm³/mol. The number of aliphatic hydroxyl groups is 1. The Hall–Kier alpha value is 0.170. The van der Waals surface area contributed by atoms with Gasteiger partial charge in [0.25, 0.3) is 0 Å². The van der Waals surface area contributed by atoms with Gasteiger partial charge in [-0.05, 0) is 45.7 Å². The van der Waals surface area contributed by atoms with Crippen molar-refractivity contribution in [2.24, 2.45) is 0 Å². The molecule has 1 N–H and O–H groups in total. The van der Waals surface area contributed by atoms with E-state index in [0.29, 0.717) is 0 Å². The van der Waals surface area contributed by atoms with Crippen LogP contribution in [0.2, 0.25) is 0 Å². The molecule has 106 valence electrons. The number of rotatable bonds is 4. The van der Waals surface area contributed by atoms with Crippen molar-refractivity contribution < 1.29 is 5.11 Å². The van der Waals surface area contributed by atoms with Gasteiger partial charge in [-0.25, -0.2) is 0 Å². The molecule has 0 bridgehead atoms. The number of likely N-dealkylation sites (tertiary alicyclic amines) is 2. The van der Waals surface area contributed by atoms with Crippen LogP contribution in [0.1, 0.15) is 45.4 Å². The summed E-state index contributed by atoms with van der Waals surface area (Å²) in [4.78, 5) is 4.59. The quantitative estimate of drug-likeness (QED) is 0.797. The minimum atomic E-state index is -0.483. The van der Waals surface area contributed by atoms with E-state index in [1.807, 2.05) is 0 Å². The molecule has 0 amide bonds. The zero-order valence-corrected chi connectivity index (χ0v) is 12.3. The lowest BCUT2D eigenvalue weighted by atomic mass is 10.0. The monoisotopic (exact) mass is 274 g/mol. The first-order chi connectivity index (χ1) is 8.70. The van der Waals surface area contributed by atoms with E-state index >= 15 is 0 Å². The molecule has 0 aromatic heterocycles. The van der Waals surface area contributed by atoms with Gasteiger partial charge in [0.1, 0.15) is 6.23 Å². The van der Waals surface area contributed by atoms with Gasteiger partial charge in [-0.1, -0.05) is 12.8 Å². The molecule has 3 atom stereocenters. The third-order valence-electron chi connectivity index (χ3n) is 4.48. The van der Waals surface area contributed by atoms with Crippen LogP contribution in [-0.4, -0.2) is 58.7 Å². The molecule has 0 aliphatic carbocycles. The Bertz CT molecular complexity index is 216. The van der Waals surface area contributed by atoms with Crippen molar-refractivity contribution in [3.05, 3.63) is 0 Å². The molecule has 3 nitrogen and oxygen atoms in total. The highest BCUT2D eigenvalue weighted by molar-refractivity contribution is 6.21. The second kappa shape index (κ2) is 7.09. The fourth-order valence-corrected chi connectivity index (χ4v) is 3.48. The molecule has 2 heterocycles. The van der Waals surface area contributed by atoms with E-state index in [9.17, 15) is 5.11 Å². The van der Waals surface area contributed by atoms with Gasteiger partial charge in [-0.2, -0.15) is 0 Å². The summed E-state index contributed by atoms with van der Waals surface area (Å²) in [5.41, 5.74) is 0. The largest absolute Gasteiger partial charge is 0.377 e. The minimum Gasteiger partial charge on any atom is -0.377 e. The molecule has 2 saturated heterocycles. The maximum atomic E-state index is 10.4. The van der Waals surface area contributed by atoms with E-state index in [2.05, 4.69) is 16.7 Å². The van der Waals surface area contributed by atoms with Crippen LogP contribution in [0, 0.1) is 0 Å². The Labute approximate surface area is 116 Å². The molecule has 2 aliphatic heterocycles. The molecule has 2 aliphatic rings. The van der Waals surface area contributed by atoms with Crippen LogP contribution in [0.5, 0.6) is 0 Å². The molecule has 0 aromatic rings. The Morgan fingerprint density at radius 1 is 0.833 bits per heavy atom. The van der Waals surface area contributed by atoms with Crippen molar-refractivity contribution in [3.63, 3.8) is 0 Å². The Balaban J connectivity index is 1.85. The number of hydrogen-bond donors (Lipinski definition) is 1. The molecule has 0 spiro atoms. The summed E-state index contributed by atoms with van der Waals surface area (Å²) in [6, 6.07) is 0.267. The van der Waals surface area contributed by atoms with Crippen LogP contribution in [0.4, 0.5) is 0 Å². The SMILES string of the molecule is CC(C(Cl)C(O)N1CCCCC1)N1CCCCC1. The highest BCUT2D eigenvalue weighted by Crippen LogP contribution is 2.22. The highest BCUT2D eigenvalue weighted by atomic mass is 35.5. The van der Waals surface area contributed by atoms with E-state index in [1.54, 1.807) is 0 Å². The van der Waals surface area contributed by atoms with Crippen LogP contribution in [0.25, 0.3) is 0 Å². The molecule has 3 unspecified atom stereocenters. The van der Waals surface area contributed by atoms with Gasteiger partial charge in [0.15, 0.2) is 0 Å². The molecule has 0 radical (unpaired) electrons. The van der Waals surface area contributed by atoms with Crippen molar-refractivity contribution in [2.75, 3.05) is 26.2 Å².